The van der Waals surface area contributed by atoms with E-state index in [1.807, 2.05) is 30.3 Å². The van der Waals surface area contributed by atoms with Crippen LogP contribution in [-0.2, 0) is 23.8 Å². The zero-order chi connectivity index (χ0) is 18.7. The summed E-state index contributed by atoms with van der Waals surface area (Å²) in [5.41, 5.74) is 9.68. The van der Waals surface area contributed by atoms with Gasteiger partial charge in [-0.1, -0.05) is 35.4 Å². The number of ether oxygens (including phenoxy) is 3. The highest BCUT2D eigenvalue weighted by Gasteiger charge is 2.51. The van der Waals surface area contributed by atoms with Crippen LogP contribution in [0.1, 0.15) is 11.9 Å². The van der Waals surface area contributed by atoms with Crippen molar-refractivity contribution >= 4 is 5.91 Å². The predicted molar refractivity (Wildman–Crippen MR) is 87.4 cm³/mol. The molecule has 0 aromatic heterocycles. The Hall–Kier alpha value is -2.20. The molecule has 2 fully saturated rings. The lowest BCUT2D eigenvalue weighted by Gasteiger charge is -2.46. The first kappa shape index (κ1) is 18.6. The molecule has 2 saturated heterocycles. The van der Waals surface area contributed by atoms with Crippen molar-refractivity contribution in [2.45, 2.75) is 36.7 Å². The molecule has 2 aliphatic rings. The SMILES string of the molecule is CON(C)C(=O)[C@@H]1O[C@@H]2CO[C@H](c3ccccc3)O[C@@H]2[C@H](N=[N+]=[N-])[C@H]1O. The summed E-state index contributed by atoms with van der Waals surface area (Å²) in [5, 5.41) is 15.2. The second kappa shape index (κ2) is 8.00. The van der Waals surface area contributed by atoms with Gasteiger partial charge in [0, 0.05) is 17.5 Å². The maximum absolute atomic E-state index is 12.3. The van der Waals surface area contributed by atoms with Crippen molar-refractivity contribution in [3.63, 3.8) is 0 Å². The third-order valence-corrected chi connectivity index (χ3v) is 4.46. The lowest BCUT2D eigenvalue weighted by Crippen LogP contribution is -2.64. The van der Waals surface area contributed by atoms with Gasteiger partial charge < -0.3 is 19.3 Å². The smallest absolute Gasteiger partial charge is 0.277 e. The Balaban J connectivity index is 1.82. The van der Waals surface area contributed by atoms with Crippen LogP contribution in [0.2, 0.25) is 0 Å². The van der Waals surface area contributed by atoms with Crippen LogP contribution in [0, 0.1) is 0 Å². The van der Waals surface area contributed by atoms with E-state index in [0.29, 0.717) is 0 Å². The molecule has 140 valence electrons. The lowest BCUT2D eigenvalue weighted by atomic mass is 9.92. The Labute approximate surface area is 149 Å². The minimum atomic E-state index is -1.38. The molecule has 10 heteroatoms. The maximum Gasteiger partial charge on any atom is 0.277 e. The molecule has 3 rings (SSSR count). The van der Waals surface area contributed by atoms with E-state index in [2.05, 4.69) is 10.0 Å². The maximum atomic E-state index is 12.3. The van der Waals surface area contributed by atoms with Gasteiger partial charge in [0.05, 0.1) is 19.8 Å². The summed E-state index contributed by atoms with van der Waals surface area (Å²) in [6.45, 7) is 0.120. The number of rotatable bonds is 4. The first-order valence-corrected chi connectivity index (χ1v) is 8.08. The number of hydrogen-bond donors (Lipinski definition) is 1. The fourth-order valence-corrected chi connectivity index (χ4v) is 3.06. The van der Waals surface area contributed by atoms with Gasteiger partial charge in [-0.3, -0.25) is 9.63 Å². The summed E-state index contributed by atoms with van der Waals surface area (Å²) < 4.78 is 17.3. The van der Waals surface area contributed by atoms with Gasteiger partial charge in [-0.2, -0.15) is 0 Å². The normalized spacial score (nSPS) is 33.7. The highest BCUT2D eigenvalue weighted by molar-refractivity contribution is 5.80. The van der Waals surface area contributed by atoms with Gasteiger partial charge >= 0.3 is 0 Å². The molecule has 1 aromatic rings. The lowest BCUT2D eigenvalue weighted by molar-refractivity contribution is -0.306. The number of carbonyl (C=O) groups is 1. The third kappa shape index (κ3) is 3.51. The number of fused-ring (bicyclic) bond motifs is 1. The molecular weight excluding hydrogens is 344 g/mol. The van der Waals surface area contributed by atoms with Gasteiger partial charge in [0.1, 0.15) is 18.3 Å². The average Bonchev–Trinajstić information content (AvgIpc) is 2.69. The zero-order valence-electron chi connectivity index (χ0n) is 14.3. The molecule has 0 spiro atoms. The zero-order valence-corrected chi connectivity index (χ0v) is 14.3. The van der Waals surface area contributed by atoms with Crippen LogP contribution in [0.25, 0.3) is 10.4 Å². The van der Waals surface area contributed by atoms with Gasteiger partial charge in [-0.25, -0.2) is 5.06 Å². The summed E-state index contributed by atoms with van der Waals surface area (Å²) in [6.07, 6.45) is -4.74. The summed E-state index contributed by atoms with van der Waals surface area (Å²) in [4.78, 5) is 20.0. The Morgan fingerprint density at radius 1 is 1.38 bits per heavy atom. The van der Waals surface area contributed by atoms with E-state index < -0.39 is 42.7 Å². The van der Waals surface area contributed by atoms with Crippen LogP contribution in [0.15, 0.2) is 35.4 Å². The molecule has 2 aliphatic heterocycles. The summed E-state index contributed by atoms with van der Waals surface area (Å²) >= 11 is 0. The van der Waals surface area contributed by atoms with Crippen molar-refractivity contribution in [3.8, 4) is 0 Å². The van der Waals surface area contributed by atoms with Crippen molar-refractivity contribution < 1.29 is 28.9 Å². The number of azide groups is 1. The second-order valence-electron chi connectivity index (χ2n) is 5.98. The molecule has 1 amide bonds. The van der Waals surface area contributed by atoms with Crippen molar-refractivity contribution in [1.29, 1.82) is 0 Å². The van der Waals surface area contributed by atoms with E-state index in [-0.39, 0.29) is 6.61 Å². The molecule has 10 nitrogen and oxygen atoms in total. The van der Waals surface area contributed by atoms with Crippen LogP contribution in [0.5, 0.6) is 0 Å². The molecule has 1 aromatic carbocycles. The number of aliphatic hydroxyl groups is 1. The fraction of sp³-hybridized carbons (Fsp3) is 0.562. The molecule has 6 atom stereocenters. The average molecular weight is 364 g/mol. The van der Waals surface area contributed by atoms with Crippen LogP contribution < -0.4 is 0 Å². The van der Waals surface area contributed by atoms with E-state index in [4.69, 9.17) is 24.6 Å². The fourth-order valence-electron chi connectivity index (χ4n) is 3.06. The van der Waals surface area contributed by atoms with Gasteiger partial charge in [0.15, 0.2) is 12.4 Å². The highest BCUT2D eigenvalue weighted by Crippen LogP contribution is 2.35. The molecule has 0 radical (unpaired) electrons. The van der Waals surface area contributed by atoms with Crippen molar-refractivity contribution in [1.82, 2.24) is 5.06 Å². The minimum Gasteiger partial charge on any atom is -0.389 e. The standard InChI is InChI=1S/C16H20N4O6/c1-20(23-2)15(22)14-12(21)11(18-19-17)13-10(25-14)8-24-16(26-13)9-6-4-3-5-7-9/h3-7,10-14,16,21H,8H2,1-2H3/t10-,11-,12-,13+,14-,16+/m1/s1. The number of likely N-dealkylation sites (N-methyl/N-ethyl adjacent to an activating group) is 1. The van der Waals surface area contributed by atoms with E-state index in [0.717, 1.165) is 10.6 Å². The largest absolute Gasteiger partial charge is 0.389 e. The molecule has 0 saturated carbocycles. The Morgan fingerprint density at radius 2 is 2.12 bits per heavy atom. The van der Waals surface area contributed by atoms with Gasteiger partial charge in [-0.15, -0.1) is 0 Å². The minimum absolute atomic E-state index is 0.120. The molecule has 0 unspecified atom stereocenters. The third-order valence-electron chi connectivity index (χ3n) is 4.46. The summed E-state index contributed by atoms with van der Waals surface area (Å²) in [7, 11) is 2.71. The Bertz CT molecular complexity index is 683. The number of aliphatic hydroxyl groups excluding tert-OH is 1. The van der Waals surface area contributed by atoms with E-state index >= 15 is 0 Å². The number of amides is 1. The number of nitrogens with zero attached hydrogens (tertiary/aromatic N) is 4. The quantitative estimate of drug-likeness (QED) is 0.366. The first-order chi connectivity index (χ1) is 12.6. The number of carbonyl (C=O) groups excluding carboxylic acids is 1. The summed E-state index contributed by atoms with van der Waals surface area (Å²) in [6, 6.07) is 8.24. The first-order valence-electron chi connectivity index (χ1n) is 8.08. The van der Waals surface area contributed by atoms with Gasteiger partial charge in [0.25, 0.3) is 5.91 Å². The molecule has 26 heavy (non-hydrogen) atoms. The van der Waals surface area contributed by atoms with Crippen LogP contribution in [-0.4, -0.2) is 67.3 Å². The monoisotopic (exact) mass is 364 g/mol. The molecule has 1 N–H and O–H groups in total. The van der Waals surface area contributed by atoms with E-state index in [9.17, 15) is 9.90 Å². The highest BCUT2D eigenvalue weighted by atomic mass is 16.7. The summed E-state index contributed by atoms with van der Waals surface area (Å²) in [5.74, 6) is -0.596. The number of hydroxylamine groups is 2. The topological polar surface area (TPSA) is 126 Å². The van der Waals surface area contributed by atoms with Crippen molar-refractivity contribution in [2.24, 2.45) is 5.11 Å². The predicted octanol–water partition coefficient (Wildman–Crippen LogP) is 0.928. The van der Waals surface area contributed by atoms with Crippen LogP contribution in [0.4, 0.5) is 0 Å². The number of hydrogen-bond acceptors (Lipinski definition) is 7. The second-order valence-corrected chi connectivity index (χ2v) is 5.98. The molecule has 2 heterocycles. The molecule has 0 aliphatic carbocycles. The van der Waals surface area contributed by atoms with Crippen molar-refractivity contribution in [3.05, 3.63) is 46.3 Å². The van der Waals surface area contributed by atoms with Crippen molar-refractivity contribution in [2.75, 3.05) is 20.8 Å². The number of benzene rings is 1. The molecule has 0 bridgehead atoms. The van der Waals surface area contributed by atoms with Crippen LogP contribution >= 0.6 is 0 Å². The molecular formula is C16H20N4O6. The van der Waals surface area contributed by atoms with Crippen LogP contribution in [0.3, 0.4) is 0 Å². The van der Waals surface area contributed by atoms with E-state index in [1.165, 1.54) is 14.2 Å². The van der Waals surface area contributed by atoms with Gasteiger partial charge in [-0.05, 0) is 5.53 Å². The van der Waals surface area contributed by atoms with E-state index in [1.54, 1.807) is 0 Å². The Morgan fingerprint density at radius 3 is 2.77 bits per heavy atom. The Kier molecular flexibility index (Phi) is 5.72. The van der Waals surface area contributed by atoms with Gasteiger partial charge in [0.2, 0.25) is 0 Å².